The van der Waals surface area contributed by atoms with E-state index >= 15 is 0 Å². The highest BCUT2D eigenvalue weighted by molar-refractivity contribution is 6.30. The van der Waals surface area contributed by atoms with Gasteiger partial charge in [0.2, 0.25) is 0 Å². The molecule has 0 spiro atoms. The molecule has 3 aromatic carbocycles. The van der Waals surface area contributed by atoms with Crippen molar-refractivity contribution in [3.05, 3.63) is 88.9 Å². The Balaban J connectivity index is 1.64. The molecule has 0 aromatic heterocycles. The van der Waals surface area contributed by atoms with Crippen molar-refractivity contribution in [2.45, 2.75) is 13.5 Å². The topological polar surface area (TPSA) is 50.4 Å². The van der Waals surface area contributed by atoms with Gasteiger partial charge in [-0.1, -0.05) is 48.0 Å². The average molecular weight is 367 g/mol. The normalized spacial score (nSPS) is 10.2. The molecule has 2 amide bonds. The molecule has 0 unspecified atom stereocenters. The summed E-state index contributed by atoms with van der Waals surface area (Å²) in [4.78, 5) is 12.3. The van der Waals surface area contributed by atoms with Gasteiger partial charge in [0.1, 0.15) is 5.75 Å². The summed E-state index contributed by atoms with van der Waals surface area (Å²) in [6.45, 7) is 2.38. The lowest BCUT2D eigenvalue weighted by Crippen LogP contribution is -2.28. The predicted octanol–water partition coefficient (Wildman–Crippen LogP) is 5.76. The van der Waals surface area contributed by atoms with Crippen LogP contribution >= 0.6 is 11.6 Å². The number of benzene rings is 3. The summed E-state index contributed by atoms with van der Waals surface area (Å²) < 4.78 is 5.85. The fourth-order valence-electron chi connectivity index (χ4n) is 2.47. The molecule has 0 aliphatic carbocycles. The first-order chi connectivity index (χ1) is 12.6. The highest BCUT2D eigenvalue weighted by Crippen LogP contribution is 2.29. The second kappa shape index (κ2) is 8.41. The number of nitrogens with one attached hydrogen (secondary N) is 2. The molecule has 3 rings (SSSR count). The van der Waals surface area contributed by atoms with Gasteiger partial charge in [-0.2, -0.15) is 0 Å². The number of ether oxygens (including phenoxy) is 1. The molecule has 0 radical (unpaired) electrons. The number of rotatable bonds is 5. The predicted molar refractivity (Wildman–Crippen MR) is 105 cm³/mol. The number of urea groups is 1. The van der Waals surface area contributed by atoms with Crippen LogP contribution in [0.2, 0.25) is 5.02 Å². The largest absolute Gasteiger partial charge is 0.455 e. The lowest BCUT2D eigenvalue weighted by Gasteiger charge is -2.13. The number of hydrogen-bond donors (Lipinski definition) is 2. The number of hydrogen-bond acceptors (Lipinski definition) is 2. The van der Waals surface area contributed by atoms with Gasteiger partial charge in [0.15, 0.2) is 5.75 Å². The van der Waals surface area contributed by atoms with Crippen molar-refractivity contribution in [2.75, 3.05) is 5.32 Å². The number of para-hydroxylation sites is 3. The fraction of sp³-hybridized carbons (Fsp3) is 0.0952. The number of amides is 2. The number of aryl methyl sites for hydroxylation is 1. The van der Waals surface area contributed by atoms with Gasteiger partial charge in [0.05, 0.1) is 5.69 Å². The van der Waals surface area contributed by atoms with E-state index in [-0.39, 0.29) is 6.03 Å². The van der Waals surface area contributed by atoms with Gasteiger partial charge in [-0.25, -0.2) is 4.79 Å². The number of anilines is 1. The minimum atomic E-state index is -0.302. The van der Waals surface area contributed by atoms with Crippen molar-refractivity contribution >= 4 is 23.3 Å². The summed E-state index contributed by atoms with van der Waals surface area (Å²) in [5.74, 6) is 1.29. The summed E-state index contributed by atoms with van der Waals surface area (Å²) in [6, 6.07) is 22.0. The zero-order valence-corrected chi connectivity index (χ0v) is 15.1. The smallest absolute Gasteiger partial charge is 0.319 e. The molecular weight excluding hydrogens is 348 g/mol. The first-order valence-corrected chi connectivity index (χ1v) is 8.61. The summed E-state index contributed by atoms with van der Waals surface area (Å²) >= 11 is 5.96. The maximum atomic E-state index is 12.3. The Morgan fingerprint density at radius 3 is 2.50 bits per heavy atom. The minimum absolute atomic E-state index is 0.302. The molecule has 0 aliphatic heterocycles. The van der Waals surface area contributed by atoms with E-state index in [1.165, 1.54) is 0 Å². The van der Waals surface area contributed by atoms with Crippen LogP contribution in [0.1, 0.15) is 11.1 Å². The molecule has 0 fully saturated rings. The maximum Gasteiger partial charge on any atom is 0.319 e. The highest BCUT2D eigenvalue weighted by atomic mass is 35.5. The molecule has 2 N–H and O–H groups in total. The Labute approximate surface area is 157 Å². The van der Waals surface area contributed by atoms with E-state index in [2.05, 4.69) is 10.6 Å². The Morgan fingerprint density at radius 2 is 1.73 bits per heavy atom. The van der Waals surface area contributed by atoms with E-state index in [4.69, 9.17) is 16.3 Å². The molecule has 0 aliphatic rings. The van der Waals surface area contributed by atoms with Gasteiger partial charge in [-0.15, -0.1) is 0 Å². The molecule has 26 heavy (non-hydrogen) atoms. The van der Waals surface area contributed by atoms with Crippen LogP contribution in [0.3, 0.4) is 0 Å². The highest BCUT2D eigenvalue weighted by Gasteiger charge is 2.09. The van der Waals surface area contributed by atoms with Crippen molar-refractivity contribution < 1.29 is 9.53 Å². The van der Waals surface area contributed by atoms with E-state index in [1.54, 1.807) is 6.07 Å². The van der Waals surface area contributed by atoms with Crippen molar-refractivity contribution in [1.82, 2.24) is 5.32 Å². The molecule has 0 saturated heterocycles. The summed E-state index contributed by atoms with van der Waals surface area (Å²) in [5, 5.41) is 6.36. The van der Waals surface area contributed by atoms with Crippen LogP contribution in [0.4, 0.5) is 10.5 Å². The summed E-state index contributed by atoms with van der Waals surface area (Å²) in [7, 11) is 0. The lowest BCUT2D eigenvalue weighted by atomic mass is 10.1. The number of halogens is 1. The monoisotopic (exact) mass is 366 g/mol. The van der Waals surface area contributed by atoms with E-state index in [0.717, 1.165) is 11.1 Å². The zero-order chi connectivity index (χ0) is 18.4. The summed E-state index contributed by atoms with van der Waals surface area (Å²) in [6.07, 6.45) is 0. The first kappa shape index (κ1) is 17.8. The molecule has 0 bridgehead atoms. The average Bonchev–Trinajstić information content (AvgIpc) is 2.63. The molecule has 0 saturated carbocycles. The molecule has 132 valence electrons. The third kappa shape index (κ3) is 4.77. The van der Waals surface area contributed by atoms with Crippen LogP contribution in [0.25, 0.3) is 0 Å². The molecule has 0 atom stereocenters. The number of carbonyl (C=O) groups is 1. The van der Waals surface area contributed by atoms with Gasteiger partial charge < -0.3 is 15.4 Å². The van der Waals surface area contributed by atoms with Gasteiger partial charge in [-0.05, 0) is 54.4 Å². The van der Waals surface area contributed by atoms with Crippen LogP contribution in [-0.4, -0.2) is 6.03 Å². The Kier molecular flexibility index (Phi) is 5.77. The SMILES string of the molecule is Cc1cc(Cl)ccc1CNC(=O)Nc1ccccc1Oc1ccccc1. The molecule has 4 nitrogen and oxygen atoms in total. The Hall–Kier alpha value is -2.98. The molecule has 5 heteroatoms. The van der Waals surface area contributed by atoms with Crippen LogP contribution < -0.4 is 15.4 Å². The fourth-order valence-corrected chi connectivity index (χ4v) is 2.70. The van der Waals surface area contributed by atoms with Crippen molar-refractivity contribution in [1.29, 1.82) is 0 Å². The molecule has 3 aromatic rings. The lowest BCUT2D eigenvalue weighted by molar-refractivity contribution is 0.251. The van der Waals surface area contributed by atoms with Crippen LogP contribution in [0, 0.1) is 6.92 Å². The van der Waals surface area contributed by atoms with Gasteiger partial charge in [0, 0.05) is 11.6 Å². The first-order valence-electron chi connectivity index (χ1n) is 8.23. The Bertz CT molecular complexity index is 898. The van der Waals surface area contributed by atoms with E-state index in [1.807, 2.05) is 73.7 Å². The quantitative estimate of drug-likeness (QED) is 0.602. The second-order valence-electron chi connectivity index (χ2n) is 5.79. The Morgan fingerprint density at radius 1 is 1.00 bits per heavy atom. The van der Waals surface area contributed by atoms with Gasteiger partial charge in [-0.3, -0.25) is 0 Å². The van der Waals surface area contributed by atoms with E-state index < -0.39 is 0 Å². The maximum absolute atomic E-state index is 12.3. The van der Waals surface area contributed by atoms with Crippen molar-refractivity contribution in [3.8, 4) is 11.5 Å². The van der Waals surface area contributed by atoms with Crippen molar-refractivity contribution in [2.24, 2.45) is 0 Å². The van der Waals surface area contributed by atoms with Crippen LogP contribution in [0.15, 0.2) is 72.8 Å². The second-order valence-corrected chi connectivity index (χ2v) is 6.23. The number of carbonyl (C=O) groups excluding carboxylic acids is 1. The van der Waals surface area contributed by atoms with Gasteiger partial charge >= 0.3 is 6.03 Å². The van der Waals surface area contributed by atoms with Crippen LogP contribution in [-0.2, 0) is 6.54 Å². The van der Waals surface area contributed by atoms with Gasteiger partial charge in [0.25, 0.3) is 0 Å². The summed E-state index contributed by atoms with van der Waals surface area (Å²) in [5.41, 5.74) is 2.64. The van der Waals surface area contributed by atoms with E-state index in [9.17, 15) is 4.79 Å². The zero-order valence-electron chi connectivity index (χ0n) is 14.3. The van der Waals surface area contributed by atoms with E-state index in [0.29, 0.717) is 28.8 Å². The minimum Gasteiger partial charge on any atom is -0.455 e. The molecule has 0 heterocycles. The third-order valence-electron chi connectivity index (χ3n) is 3.85. The molecular formula is C21H19ClN2O2. The standard InChI is InChI=1S/C21H19ClN2O2/c1-15-13-17(22)12-11-16(15)14-23-21(25)24-19-9-5-6-10-20(19)26-18-7-3-2-4-8-18/h2-13H,14H2,1H3,(H2,23,24,25). The van der Waals surface area contributed by atoms with Crippen molar-refractivity contribution in [3.63, 3.8) is 0 Å². The van der Waals surface area contributed by atoms with Crippen LogP contribution in [0.5, 0.6) is 11.5 Å². The third-order valence-corrected chi connectivity index (χ3v) is 4.09.